The maximum Gasteiger partial charge on any atom is 0.338 e. The second-order valence-corrected chi connectivity index (χ2v) is 15.6. The molecule has 2 saturated heterocycles. The summed E-state index contributed by atoms with van der Waals surface area (Å²) in [6.07, 6.45) is 6.28. The van der Waals surface area contributed by atoms with Gasteiger partial charge in [-0.15, -0.1) is 0 Å². The minimum atomic E-state index is -0.775. The molecule has 2 aliphatic carbocycles. The minimum absolute atomic E-state index is 0.109. The van der Waals surface area contributed by atoms with Gasteiger partial charge in [0.1, 0.15) is 12.2 Å². The smallest absolute Gasteiger partial charge is 0.338 e. The van der Waals surface area contributed by atoms with Crippen molar-refractivity contribution >= 4 is 11.9 Å². The highest BCUT2D eigenvalue weighted by Crippen LogP contribution is 2.69. The van der Waals surface area contributed by atoms with E-state index in [0.717, 1.165) is 49.7 Å². The maximum atomic E-state index is 13.4. The van der Waals surface area contributed by atoms with Gasteiger partial charge in [-0.1, -0.05) is 57.2 Å². The van der Waals surface area contributed by atoms with Crippen molar-refractivity contribution in [2.24, 2.45) is 22.7 Å². The van der Waals surface area contributed by atoms with E-state index in [1.54, 1.807) is 12.1 Å². The Morgan fingerprint density at radius 1 is 0.826 bits per heavy atom. The zero-order chi connectivity index (χ0) is 33.0. The molecule has 2 aromatic carbocycles. The summed E-state index contributed by atoms with van der Waals surface area (Å²) in [6, 6.07) is 14.9. The molecule has 0 unspecified atom stereocenters. The van der Waals surface area contributed by atoms with Crippen LogP contribution in [0.4, 0.5) is 0 Å². The van der Waals surface area contributed by atoms with Crippen LogP contribution in [0.15, 0.2) is 48.5 Å². The van der Waals surface area contributed by atoms with Crippen molar-refractivity contribution in [3.8, 4) is 0 Å². The molecule has 4 aliphatic rings. The Balaban J connectivity index is 1.27. The van der Waals surface area contributed by atoms with Gasteiger partial charge in [-0.3, -0.25) is 0 Å². The molecule has 7 heteroatoms. The van der Waals surface area contributed by atoms with Crippen molar-refractivity contribution in [3.63, 3.8) is 0 Å². The third kappa shape index (κ3) is 5.60. The van der Waals surface area contributed by atoms with Gasteiger partial charge in [0, 0.05) is 17.3 Å². The van der Waals surface area contributed by atoms with Crippen LogP contribution in [0, 0.1) is 36.5 Å². The monoisotopic (exact) mass is 632 g/mol. The molecule has 0 amide bonds. The van der Waals surface area contributed by atoms with Gasteiger partial charge in [-0.2, -0.15) is 0 Å². The summed E-state index contributed by atoms with van der Waals surface area (Å²) in [6.45, 7) is 15.9. The van der Waals surface area contributed by atoms with Crippen molar-refractivity contribution in [3.05, 3.63) is 70.8 Å². The molecule has 0 bridgehead atoms. The van der Waals surface area contributed by atoms with Crippen molar-refractivity contribution in [1.82, 2.24) is 0 Å². The highest BCUT2D eigenvalue weighted by atomic mass is 16.7. The minimum Gasteiger partial charge on any atom is -0.462 e. The maximum absolute atomic E-state index is 13.4. The van der Waals surface area contributed by atoms with Crippen LogP contribution in [0.25, 0.3) is 0 Å². The molecule has 2 saturated carbocycles. The molecule has 4 fully saturated rings. The lowest BCUT2D eigenvalue weighted by Crippen LogP contribution is -2.69. The molecule has 250 valence electrons. The van der Waals surface area contributed by atoms with E-state index in [0.29, 0.717) is 36.0 Å². The molecule has 46 heavy (non-hydrogen) atoms. The second-order valence-electron chi connectivity index (χ2n) is 15.6. The number of rotatable bonds is 7. The molecule has 1 spiro atoms. The quantitative estimate of drug-likeness (QED) is 0.286. The van der Waals surface area contributed by atoms with Crippen molar-refractivity contribution in [1.29, 1.82) is 0 Å². The van der Waals surface area contributed by atoms with E-state index in [1.165, 1.54) is 0 Å². The van der Waals surface area contributed by atoms with Crippen LogP contribution in [0.1, 0.15) is 111 Å². The summed E-state index contributed by atoms with van der Waals surface area (Å²) >= 11 is 0. The number of fused-ring (bicyclic) bond motifs is 4. The first-order chi connectivity index (χ1) is 21.7. The zero-order valence-electron chi connectivity index (χ0n) is 28.8. The molecule has 6 rings (SSSR count). The van der Waals surface area contributed by atoms with E-state index in [4.69, 9.17) is 23.7 Å². The standard InChI is InChI=1S/C39H52O7/c1-26-12-8-10-14-29(26)33(40)42-23-22-38(25-43-34(41)30-15-11-9-13-27(30)2)20-21-39(46-38)28(3)16-17-31-36(6)24-44-35(4,5)45-32(36)18-19-37(31,39)7/h8-15,28,31-32H,16-25H2,1-7H3/t28-,31-,32+,36+,37+,38-,39-/m1/s1. The molecule has 0 radical (unpaired) electrons. The van der Waals surface area contributed by atoms with Crippen molar-refractivity contribution < 1.29 is 33.3 Å². The summed E-state index contributed by atoms with van der Waals surface area (Å²) in [5.74, 6) is -0.600. The van der Waals surface area contributed by atoms with Gasteiger partial charge in [-0.25, -0.2) is 9.59 Å². The number of carbonyl (C=O) groups is 2. The molecule has 7 nitrogen and oxygen atoms in total. The number of aryl methyl sites for hydroxylation is 2. The van der Waals surface area contributed by atoms with Gasteiger partial charge in [0.25, 0.3) is 0 Å². The third-order valence-electron chi connectivity index (χ3n) is 12.4. The van der Waals surface area contributed by atoms with E-state index < -0.39 is 17.0 Å². The van der Waals surface area contributed by atoms with Crippen LogP contribution in [-0.2, 0) is 23.7 Å². The van der Waals surface area contributed by atoms with Gasteiger partial charge >= 0.3 is 11.9 Å². The third-order valence-corrected chi connectivity index (χ3v) is 12.4. The van der Waals surface area contributed by atoms with Gasteiger partial charge in [0.2, 0.25) is 0 Å². The number of hydrogen-bond donors (Lipinski definition) is 0. The summed E-state index contributed by atoms with van der Waals surface area (Å²) in [5, 5.41) is 0. The SMILES string of the molecule is Cc1ccccc1C(=O)OCC[C@@]1(COC(=O)c2ccccc2C)CC[C@@]2(O1)[C@H](C)CC[C@@H]1[C@]3(C)COC(C)(C)O[C@H]3CC[C@@]12C. The fraction of sp³-hybridized carbons (Fsp3) is 0.641. The van der Waals surface area contributed by atoms with E-state index in [9.17, 15) is 9.59 Å². The Morgan fingerprint density at radius 2 is 1.46 bits per heavy atom. The number of carbonyl (C=O) groups excluding carboxylic acids is 2. The summed E-state index contributed by atoms with van der Waals surface area (Å²) < 4.78 is 32.3. The second kappa shape index (κ2) is 12.1. The van der Waals surface area contributed by atoms with Crippen LogP contribution < -0.4 is 0 Å². The van der Waals surface area contributed by atoms with Gasteiger partial charge in [0.15, 0.2) is 5.79 Å². The molecule has 0 aromatic heterocycles. The normalized spacial score (nSPS) is 36.5. The fourth-order valence-corrected chi connectivity index (χ4v) is 9.63. The fourth-order valence-electron chi connectivity index (χ4n) is 9.63. The van der Waals surface area contributed by atoms with Crippen LogP contribution in [0.5, 0.6) is 0 Å². The predicted molar refractivity (Wildman–Crippen MR) is 176 cm³/mol. The first-order valence-corrected chi connectivity index (χ1v) is 17.2. The first-order valence-electron chi connectivity index (χ1n) is 17.2. The largest absolute Gasteiger partial charge is 0.462 e. The number of benzene rings is 2. The Labute approximate surface area is 274 Å². The Kier molecular flexibility index (Phi) is 8.69. The van der Waals surface area contributed by atoms with E-state index in [1.807, 2.05) is 64.1 Å². The van der Waals surface area contributed by atoms with Crippen molar-refractivity contribution in [2.75, 3.05) is 19.8 Å². The van der Waals surface area contributed by atoms with E-state index in [2.05, 4.69) is 20.8 Å². The van der Waals surface area contributed by atoms with Crippen LogP contribution >= 0.6 is 0 Å². The molecular formula is C39H52O7. The van der Waals surface area contributed by atoms with Gasteiger partial charge < -0.3 is 23.7 Å². The lowest BCUT2D eigenvalue weighted by atomic mass is 9.43. The average Bonchev–Trinajstić information content (AvgIpc) is 3.41. The molecule has 7 atom stereocenters. The summed E-state index contributed by atoms with van der Waals surface area (Å²) in [4.78, 5) is 26.4. The topological polar surface area (TPSA) is 80.3 Å². The average molecular weight is 633 g/mol. The summed E-state index contributed by atoms with van der Waals surface area (Å²) in [5.41, 5.74) is 1.44. The van der Waals surface area contributed by atoms with E-state index >= 15 is 0 Å². The lowest BCUT2D eigenvalue weighted by Gasteiger charge is -2.67. The van der Waals surface area contributed by atoms with Gasteiger partial charge in [-0.05, 0) is 101 Å². The Morgan fingerprint density at radius 3 is 2.11 bits per heavy atom. The van der Waals surface area contributed by atoms with Crippen molar-refractivity contribution in [2.45, 2.75) is 117 Å². The van der Waals surface area contributed by atoms with Crippen LogP contribution in [0.2, 0.25) is 0 Å². The molecule has 2 aliphatic heterocycles. The van der Waals surface area contributed by atoms with E-state index in [-0.39, 0.29) is 42.1 Å². The number of esters is 2. The molecular weight excluding hydrogens is 580 g/mol. The molecule has 2 aromatic rings. The Bertz CT molecular complexity index is 1470. The highest BCUT2D eigenvalue weighted by Gasteiger charge is 2.70. The molecule has 2 heterocycles. The summed E-state index contributed by atoms with van der Waals surface area (Å²) in [7, 11) is 0. The Hall–Kier alpha value is -2.74. The highest BCUT2D eigenvalue weighted by molar-refractivity contribution is 5.91. The first kappa shape index (κ1) is 33.2. The number of hydrogen-bond acceptors (Lipinski definition) is 7. The number of ether oxygens (including phenoxy) is 5. The van der Waals surface area contributed by atoms with Gasteiger partial charge in [0.05, 0.1) is 36.0 Å². The van der Waals surface area contributed by atoms with Crippen LogP contribution in [-0.4, -0.2) is 54.9 Å². The molecule has 0 N–H and O–H groups in total. The lowest BCUT2D eigenvalue weighted by molar-refractivity contribution is -0.359. The van der Waals surface area contributed by atoms with Crippen LogP contribution in [0.3, 0.4) is 0 Å². The zero-order valence-corrected chi connectivity index (χ0v) is 28.8. The predicted octanol–water partition coefficient (Wildman–Crippen LogP) is 8.00.